The van der Waals surface area contributed by atoms with Crippen LogP contribution < -0.4 is 0 Å². The van der Waals surface area contributed by atoms with E-state index in [1.807, 2.05) is 0 Å². The highest BCUT2D eigenvalue weighted by Crippen LogP contribution is 2.09. The van der Waals surface area contributed by atoms with Gasteiger partial charge in [-0.1, -0.05) is 34.4 Å². The lowest BCUT2D eigenvalue weighted by atomic mass is 10.4. The molecule has 0 N–H and O–H groups in total. The lowest BCUT2D eigenvalue weighted by Crippen LogP contribution is -2.36. The second-order valence-electron chi connectivity index (χ2n) is 4.03. The number of carbonyl (C=O) groups is 1. The van der Waals surface area contributed by atoms with E-state index in [0.29, 0.717) is 5.12 Å². The van der Waals surface area contributed by atoms with Gasteiger partial charge in [0, 0.05) is 6.42 Å². The molecule has 0 rings (SSSR count). The summed E-state index contributed by atoms with van der Waals surface area (Å²) < 4.78 is 2.02. The van der Waals surface area contributed by atoms with Crippen molar-refractivity contribution in [3.8, 4) is 0 Å². The van der Waals surface area contributed by atoms with Gasteiger partial charge in [0.05, 0.1) is 33.4 Å². The fraction of sp³-hybridized carbons (Fsp3) is 0.889. The molecule has 0 aliphatic heterocycles. The molecule has 0 aliphatic rings. The zero-order valence-electron chi connectivity index (χ0n) is 8.68. The summed E-state index contributed by atoms with van der Waals surface area (Å²) in [6, 6.07) is 0. The Morgan fingerprint density at radius 3 is 2.46 bits per heavy atom. The van der Waals surface area contributed by atoms with Crippen LogP contribution in [0.4, 0.5) is 0 Å². The number of halogens is 1. The molecule has 78 valence electrons. The Labute approximate surface area is 99.2 Å². The maximum Gasteiger partial charge on any atom is 0.189 e. The van der Waals surface area contributed by atoms with Crippen molar-refractivity contribution in [3.05, 3.63) is 0 Å². The van der Waals surface area contributed by atoms with Crippen LogP contribution in [0.2, 0.25) is 0 Å². The molecule has 13 heavy (non-hydrogen) atoms. The standard InChI is InChI=1S/C9H19INOS/c1-11(2,3)7-8-13-9(12)5-4-6-10/h4-8H2,1-3H3/q+1. The zero-order valence-corrected chi connectivity index (χ0v) is 11.7. The van der Waals surface area contributed by atoms with Crippen LogP contribution in [0.1, 0.15) is 12.8 Å². The maximum atomic E-state index is 11.2. The highest BCUT2D eigenvalue weighted by Gasteiger charge is 2.08. The molecular formula is C9H19INOS+. The van der Waals surface area contributed by atoms with Crippen molar-refractivity contribution in [3.63, 3.8) is 0 Å². The summed E-state index contributed by atoms with van der Waals surface area (Å²) in [6.45, 7) is 1.06. The molecule has 0 atom stereocenters. The molecule has 0 aromatic rings. The number of quaternary nitrogens is 1. The molecular weight excluding hydrogens is 297 g/mol. The van der Waals surface area contributed by atoms with E-state index in [9.17, 15) is 4.79 Å². The summed E-state index contributed by atoms with van der Waals surface area (Å²) in [4.78, 5) is 11.2. The molecule has 0 aromatic carbocycles. The van der Waals surface area contributed by atoms with Gasteiger partial charge in [-0.3, -0.25) is 4.79 Å². The molecule has 0 aromatic heterocycles. The van der Waals surface area contributed by atoms with E-state index in [4.69, 9.17) is 0 Å². The molecule has 0 bridgehead atoms. The minimum Gasteiger partial charge on any atom is -0.330 e. The topological polar surface area (TPSA) is 17.1 Å². The molecule has 0 unspecified atom stereocenters. The predicted octanol–water partition coefficient (Wildman–Crippen LogP) is 2.17. The summed E-state index contributed by atoms with van der Waals surface area (Å²) in [7, 11) is 6.45. The van der Waals surface area contributed by atoms with Crippen molar-refractivity contribution in [1.82, 2.24) is 0 Å². The van der Waals surface area contributed by atoms with Crippen LogP contribution in [-0.4, -0.2) is 47.5 Å². The summed E-state index contributed by atoms with van der Waals surface area (Å²) >= 11 is 3.79. The third-order valence-corrected chi connectivity index (χ3v) is 3.22. The average molecular weight is 316 g/mol. The average Bonchev–Trinajstić information content (AvgIpc) is 1.98. The second kappa shape index (κ2) is 7.06. The number of carbonyl (C=O) groups excluding carboxylic acids is 1. The number of hydrogen-bond donors (Lipinski definition) is 0. The summed E-state index contributed by atoms with van der Waals surface area (Å²) in [6.07, 6.45) is 1.77. The van der Waals surface area contributed by atoms with Gasteiger partial charge in [0.1, 0.15) is 0 Å². The van der Waals surface area contributed by atoms with E-state index in [1.165, 1.54) is 11.8 Å². The number of hydrogen-bond acceptors (Lipinski definition) is 2. The van der Waals surface area contributed by atoms with Crippen molar-refractivity contribution in [1.29, 1.82) is 0 Å². The molecule has 0 radical (unpaired) electrons. The molecule has 0 fully saturated rings. The molecule has 0 heterocycles. The Kier molecular flexibility index (Phi) is 7.45. The van der Waals surface area contributed by atoms with Crippen molar-refractivity contribution < 1.29 is 9.28 Å². The van der Waals surface area contributed by atoms with E-state index in [1.54, 1.807) is 0 Å². The number of nitrogens with zero attached hydrogens (tertiary/aromatic N) is 1. The van der Waals surface area contributed by atoms with Gasteiger partial charge < -0.3 is 4.48 Å². The Balaban J connectivity index is 3.37. The summed E-state index contributed by atoms with van der Waals surface area (Å²) in [5, 5.41) is 0.352. The van der Waals surface area contributed by atoms with Crippen LogP contribution in [0.3, 0.4) is 0 Å². The van der Waals surface area contributed by atoms with Crippen molar-refractivity contribution in [2.75, 3.05) is 37.9 Å². The first-order chi connectivity index (χ1) is 5.95. The first kappa shape index (κ1) is 13.7. The molecule has 0 amide bonds. The van der Waals surface area contributed by atoms with Crippen LogP contribution in [0, 0.1) is 0 Å². The molecule has 0 saturated carbocycles. The normalized spacial score (nSPS) is 11.7. The van der Waals surface area contributed by atoms with Crippen LogP contribution in [-0.2, 0) is 4.79 Å². The first-order valence-electron chi connectivity index (χ1n) is 4.48. The van der Waals surface area contributed by atoms with Crippen molar-refractivity contribution in [2.45, 2.75) is 12.8 Å². The Morgan fingerprint density at radius 1 is 1.38 bits per heavy atom. The monoisotopic (exact) mass is 316 g/mol. The Morgan fingerprint density at radius 2 is 2.00 bits per heavy atom. The molecule has 0 saturated heterocycles. The quantitative estimate of drug-likeness (QED) is 0.424. The number of alkyl halides is 1. The van der Waals surface area contributed by atoms with Gasteiger partial charge in [-0.2, -0.15) is 0 Å². The Hall–Kier alpha value is 0.710. The first-order valence-corrected chi connectivity index (χ1v) is 6.99. The van der Waals surface area contributed by atoms with Crippen LogP contribution in [0.5, 0.6) is 0 Å². The van der Waals surface area contributed by atoms with Crippen LogP contribution >= 0.6 is 34.4 Å². The molecule has 2 nitrogen and oxygen atoms in total. The van der Waals surface area contributed by atoms with Gasteiger partial charge in [0.15, 0.2) is 5.12 Å². The fourth-order valence-corrected chi connectivity index (χ4v) is 2.25. The molecule has 4 heteroatoms. The highest BCUT2D eigenvalue weighted by atomic mass is 127. The Bertz CT molecular complexity index is 156. The SMILES string of the molecule is C[N+](C)(C)CCSC(=O)CCCI. The largest absolute Gasteiger partial charge is 0.330 e. The van der Waals surface area contributed by atoms with E-state index in [-0.39, 0.29) is 0 Å². The van der Waals surface area contributed by atoms with Gasteiger partial charge in [-0.05, 0) is 10.8 Å². The van der Waals surface area contributed by atoms with E-state index >= 15 is 0 Å². The minimum absolute atomic E-state index is 0.352. The lowest BCUT2D eigenvalue weighted by Gasteiger charge is -2.23. The highest BCUT2D eigenvalue weighted by molar-refractivity contribution is 14.1. The van der Waals surface area contributed by atoms with Crippen LogP contribution in [0.25, 0.3) is 0 Å². The minimum atomic E-state index is 0.352. The van der Waals surface area contributed by atoms with Gasteiger partial charge in [0.25, 0.3) is 0 Å². The zero-order chi connectivity index (χ0) is 10.3. The van der Waals surface area contributed by atoms with Gasteiger partial charge in [0.2, 0.25) is 0 Å². The summed E-state index contributed by atoms with van der Waals surface area (Å²) in [5.74, 6) is 0.948. The van der Waals surface area contributed by atoms with Crippen LogP contribution in [0.15, 0.2) is 0 Å². The van der Waals surface area contributed by atoms with E-state index in [2.05, 4.69) is 43.7 Å². The van der Waals surface area contributed by atoms with E-state index in [0.717, 1.165) is 34.0 Å². The van der Waals surface area contributed by atoms with Crippen molar-refractivity contribution >= 4 is 39.5 Å². The second-order valence-corrected chi connectivity index (χ2v) is 6.26. The third-order valence-electron chi connectivity index (χ3n) is 1.54. The third kappa shape index (κ3) is 10.6. The van der Waals surface area contributed by atoms with Crippen molar-refractivity contribution in [2.24, 2.45) is 0 Å². The number of rotatable bonds is 6. The fourth-order valence-electron chi connectivity index (χ4n) is 0.717. The van der Waals surface area contributed by atoms with Gasteiger partial charge in [-0.15, -0.1) is 0 Å². The molecule has 0 aliphatic carbocycles. The van der Waals surface area contributed by atoms with E-state index < -0.39 is 0 Å². The van der Waals surface area contributed by atoms with Gasteiger partial charge in [-0.25, -0.2) is 0 Å². The predicted molar refractivity (Wildman–Crippen MR) is 68.5 cm³/mol. The van der Waals surface area contributed by atoms with Gasteiger partial charge >= 0.3 is 0 Å². The maximum absolute atomic E-state index is 11.2. The lowest BCUT2D eigenvalue weighted by molar-refractivity contribution is -0.867. The number of thioether (sulfide) groups is 1. The molecule has 0 spiro atoms. The smallest absolute Gasteiger partial charge is 0.189 e. The summed E-state index contributed by atoms with van der Waals surface area (Å²) in [5.41, 5.74) is 0.